The highest BCUT2D eigenvalue weighted by molar-refractivity contribution is 6.20. The summed E-state index contributed by atoms with van der Waals surface area (Å²) in [5.74, 6) is -0.285. The Morgan fingerprint density at radius 1 is 1.24 bits per heavy atom. The summed E-state index contributed by atoms with van der Waals surface area (Å²) in [5, 5.41) is 14.5. The number of benzene rings is 2. The van der Waals surface area contributed by atoms with Crippen LogP contribution in [0.25, 0.3) is 16.7 Å². The van der Waals surface area contributed by atoms with E-state index in [9.17, 15) is 10.1 Å². The number of nitriles is 1. The molecule has 3 heterocycles. The molecule has 8 heteroatoms. The molecule has 5 rings (SSSR count). The number of oxazole rings is 1. The summed E-state index contributed by atoms with van der Waals surface area (Å²) >= 11 is 0. The summed E-state index contributed by atoms with van der Waals surface area (Å²) in [5.41, 5.74) is 12.5. The third-order valence-electron chi connectivity index (χ3n) is 5.38. The molecule has 1 saturated heterocycles. The lowest BCUT2D eigenvalue weighted by molar-refractivity contribution is -0.130. The van der Waals surface area contributed by atoms with Gasteiger partial charge in [0, 0.05) is 17.5 Å². The number of aromatic nitrogens is 1. The Labute approximate surface area is 166 Å². The number of nitrogens with zero attached hydrogens (tertiary/aromatic N) is 3. The number of anilines is 1. The maximum absolute atomic E-state index is 13.3. The smallest absolute Gasteiger partial charge is 0.277 e. The molecule has 4 N–H and O–H groups in total. The summed E-state index contributed by atoms with van der Waals surface area (Å²) in [7, 11) is 0. The lowest BCUT2D eigenvalue weighted by atomic mass is 9.90. The second-order valence-electron chi connectivity index (χ2n) is 7.18. The number of carbonyl (C=O) groups excluding carboxylic acids is 1. The van der Waals surface area contributed by atoms with E-state index in [1.54, 1.807) is 18.2 Å². The van der Waals surface area contributed by atoms with Crippen molar-refractivity contribution in [1.82, 2.24) is 20.7 Å². The summed E-state index contributed by atoms with van der Waals surface area (Å²) in [6.07, 6.45) is -0.390. The summed E-state index contributed by atoms with van der Waals surface area (Å²) < 4.78 is 5.81. The second-order valence-corrected chi connectivity index (χ2v) is 7.18. The molecule has 29 heavy (non-hydrogen) atoms. The van der Waals surface area contributed by atoms with Crippen LogP contribution in [0.2, 0.25) is 0 Å². The van der Waals surface area contributed by atoms with Crippen LogP contribution in [0.3, 0.4) is 0 Å². The van der Waals surface area contributed by atoms with Crippen LogP contribution in [-0.4, -0.2) is 28.1 Å². The van der Waals surface area contributed by atoms with Crippen molar-refractivity contribution in [2.24, 2.45) is 0 Å². The highest BCUT2D eigenvalue weighted by Gasteiger charge is 2.49. The number of hydrogen-bond acceptors (Lipinski definition) is 7. The molecular weight excluding hydrogens is 368 g/mol. The zero-order chi connectivity index (χ0) is 20.1. The predicted molar refractivity (Wildman–Crippen MR) is 107 cm³/mol. The fourth-order valence-corrected chi connectivity index (χ4v) is 4.03. The van der Waals surface area contributed by atoms with E-state index >= 15 is 0 Å². The molecule has 0 radical (unpaired) electrons. The lowest BCUT2D eigenvalue weighted by Gasteiger charge is -2.34. The first kappa shape index (κ1) is 17.3. The van der Waals surface area contributed by atoms with Crippen LogP contribution in [0, 0.1) is 11.3 Å². The van der Waals surface area contributed by atoms with Gasteiger partial charge in [0.25, 0.3) is 5.91 Å². The van der Waals surface area contributed by atoms with Crippen molar-refractivity contribution in [3.05, 3.63) is 65.7 Å². The number of nitrogens with one attached hydrogen (secondary N) is 2. The topological polar surface area (TPSA) is 120 Å². The third-order valence-corrected chi connectivity index (χ3v) is 5.38. The van der Waals surface area contributed by atoms with Gasteiger partial charge in [0.2, 0.25) is 5.89 Å². The zero-order valence-corrected chi connectivity index (χ0v) is 15.6. The number of hydrazine groups is 1. The van der Waals surface area contributed by atoms with Gasteiger partial charge in [-0.15, -0.1) is 0 Å². The van der Waals surface area contributed by atoms with Crippen molar-refractivity contribution in [3.8, 4) is 6.07 Å². The van der Waals surface area contributed by atoms with Gasteiger partial charge < -0.3 is 15.5 Å². The number of nitrogens with two attached hydrogens (primary N) is 1. The van der Waals surface area contributed by atoms with E-state index in [-0.39, 0.29) is 17.7 Å². The van der Waals surface area contributed by atoms with Gasteiger partial charge in [-0.25, -0.2) is 15.4 Å². The summed E-state index contributed by atoms with van der Waals surface area (Å²) in [6.45, 7) is 1.82. The molecule has 3 unspecified atom stereocenters. The molecule has 144 valence electrons. The molecule has 3 aromatic rings. The number of nitrogen functional groups attached to an aromatic ring is 1. The molecule has 0 saturated carbocycles. The largest absolute Gasteiger partial charge is 0.436 e. The van der Waals surface area contributed by atoms with Crippen molar-refractivity contribution >= 4 is 28.3 Å². The number of fused-ring (bicyclic) bond motifs is 2. The normalized spacial score (nSPS) is 23.8. The van der Waals surface area contributed by atoms with E-state index in [0.717, 1.165) is 5.56 Å². The zero-order valence-electron chi connectivity index (χ0n) is 15.6. The Kier molecular flexibility index (Phi) is 3.79. The van der Waals surface area contributed by atoms with Crippen molar-refractivity contribution < 1.29 is 9.21 Å². The van der Waals surface area contributed by atoms with E-state index in [4.69, 9.17) is 10.2 Å². The van der Waals surface area contributed by atoms with Crippen LogP contribution in [0.15, 0.2) is 58.6 Å². The lowest BCUT2D eigenvalue weighted by Crippen LogP contribution is -2.54. The van der Waals surface area contributed by atoms with E-state index in [1.165, 1.54) is 5.01 Å². The quantitative estimate of drug-likeness (QED) is 0.577. The van der Waals surface area contributed by atoms with Gasteiger partial charge in [-0.2, -0.15) is 5.26 Å². The van der Waals surface area contributed by atoms with Crippen LogP contribution in [0.5, 0.6) is 0 Å². The van der Waals surface area contributed by atoms with Crippen molar-refractivity contribution in [2.45, 2.75) is 25.0 Å². The fraction of sp³-hybridized carbons (Fsp3) is 0.190. The van der Waals surface area contributed by atoms with E-state index in [1.807, 2.05) is 37.3 Å². The average Bonchev–Trinajstić information content (AvgIpc) is 3.29. The molecule has 1 fully saturated rings. The first-order chi connectivity index (χ1) is 14.1. The maximum Gasteiger partial charge on any atom is 0.277 e. The van der Waals surface area contributed by atoms with E-state index in [2.05, 4.69) is 21.8 Å². The van der Waals surface area contributed by atoms with Crippen LogP contribution in [-0.2, 0) is 4.79 Å². The molecular formula is C21H18N6O2. The van der Waals surface area contributed by atoms with Crippen molar-refractivity contribution in [2.75, 3.05) is 5.73 Å². The Morgan fingerprint density at radius 3 is 2.79 bits per heavy atom. The minimum absolute atomic E-state index is 0.218. The number of rotatable bonds is 2. The highest BCUT2D eigenvalue weighted by Crippen LogP contribution is 2.37. The Balaban J connectivity index is 1.56. The maximum atomic E-state index is 13.3. The SMILES string of the molecule is CC1=C(c2nc3ccc(N)cc3o2)C(=O)N2NC(C#N)C(c3ccccc3)C2N1. The van der Waals surface area contributed by atoms with Gasteiger partial charge in [0.15, 0.2) is 5.58 Å². The van der Waals surface area contributed by atoms with Gasteiger partial charge in [0.05, 0.1) is 12.0 Å². The molecule has 8 nitrogen and oxygen atoms in total. The molecule has 1 amide bonds. The van der Waals surface area contributed by atoms with Gasteiger partial charge in [0.1, 0.15) is 23.3 Å². The molecule has 0 aliphatic carbocycles. The first-order valence-electron chi connectivity index (χ1n) is 9.25. The third kappa shape index (κ3) is 2.63. The fourth-order valence-electron chi connectivity index (χ4n) is 4.03. The predicted octanol–water partition coefficient (Wildman–Crippen LogP) is 2.09. The molecule has 1 aromatic heterocycles. The highest BCUT2D eigenvalue weighted by atomic mass is 16.3. The molecule has 3 atom stereocenters. The van der Waals surface area contributed by atoms with Crippen LogP contribution in [0.1, 0.15) is 24.3 Å². The number of amides is 1. The van der Waals surface area contributed by atoms with E-state index < -0.39 is 12.2 Å². The Morgan fingerprint density at radius 2 is 2.03 bits per heavy atom. The van der Waals surface area contributed by atoms with Crippen LogP contribution in [0.4, 0.5) is 5.69 Å². The summed E-state index contributed by atoms with van der Waals surface area (Å²) in [6, 6.07) is 16.6. The number of hydrogen-bond donors (Lipinski definition) is 3. The van der Waals surface area contributed by atoms with E-state index in [0.29, 0.717) is 28.1 Å². The van der Waals surface area contributed by atoms with Crippen LogP contribution >= 0.6 is 0 Å². The summed E-state index contributed by atoms with van der Waals surface area (Å²) in [4.78, 5) is 17.8. The molecule has 0 spiro atoms. The minimum Gasteiger partial charge on any atom is -0.436 e. The van der Waals surface area contributed by atoms with Crippen LogP contribution < -0.4 is 16.5 Å². The Bertz CT molecular complexity index is 1190. The van der Waals surface area contributed by atoms with Crippen molar-refractivity contribution in [1.29, 1.82) is 5.26 Å². The van der Waals surface area contributed by atoms with Gasteiger partial charge in [-0.05, 0) is 24.6 Å². The van der Waals surface area contributed by atoms with Gasteiger partial charge in [-0.3, -0.25) is 4.79 Å². The van der Waals surface area contributed by atoms with Crippen molar-refractivity contribution in [3.63, 3.8) is 0 Å². The second kappa shape index (κ2) is 6.36. The number of carbonyl (C=O) groups is 1. The molecule has 2 aromatic carbocycles. The molecule has 0 bridgehead atoms. The molecule has 2 aliphatic rings. The Hall–Kier alpha value is -3.83. The molecule has 2 aliphatic heterocycles. The minimum atomic E-state index is -0.547. The first-order valence-corrected chi connectivity index (χ1v) is 9.25. The monoisotopic (exact) mass is 386 g/mol. The number of allylic oxidation sites excluding steroid dienone is 1. The van der Waals surface area contributed by atoms with Gasteiger partial charge in [-0.1, -0.05) is 30.3 Å². The van der Waals surface area contributed by atoms with Gasteiger partial charge >= 0.3 is 0 Å². The average molecular weight is 386 g/mol. The standard InChI is InChI=1S/C21H18N6O2/c1-11-17(20-25-14-8-7-13(23)9-16(14)29-20)21(28)27-19(24-11)18(15(10-22)26-27)12-5-3-2-4-6-12/h2-9,15,18-19,24,26H,23H2,1H3.